The van der Waals surface area contributed by atoms with Gasteiger partial charge in [-0.2, -0.15) is 0 Å². The number of carbonyl (C=O) groups is 4. The number of hydrogen-bond donors (Lipinski definition) is 0. The van der Waals surface area contributed by atoms with Crippen LogP contribution in [0, 0.1) is 0 Å². The Hall–Kier alpha value is -3.16. The Morgan fingerprint density at radius 3 is 0.875 bits per heavy atom. The topological polar surface area (TPSA) is 105 Å². The zero-order valence-corrected chi connectivity index (χ0v) is 13.4. The van der Waals surface area contributed by atoms with Crippen molar-refractivity contribution in [2.75, 3.05) is 0 Å². The summed E-state index contributed by atoms with van der Waals surface area (Å²) < 4.78 is 19.8. The summed E-state index contributed by atoms with van der Waals surface area (Å²) in [6, 6.07) is 0. The summed E-state index contributed by atoms with van der Waals surface area (Å²) in [7, 11) is 0. The van der Waals surface area contributed by atoms with Crippen LogP contribution in [-0.4, -0.2) is 35.5 Å². The molecule has 0 saturated carbocycles. The van der Waals surface area contributed by atoms with Crippen molar-refractivity contribution >= 4 is 23.9 Å². The second kappa shape index (κ2) is 8.47. The molecule has 8 nitrogen and oxygen atoms in total. The second-order valence-corrected chi connectivity index (χ2v) is 4.39. The van der Waals surface area contributed by atoms with E-state index in [1.807, 2.05) is 0 Å². The second-order valence-electron chi connectivity index (χ2n) is 4.39. The summed E-state index contributed by atoms with van der Waals surface area (Å²) >= 11 is 0. The highest BCUT2D eigenvalue weighted by atomic mass is 16.8. The van der Waals surface area contributed by atoms with Gasteiger partial charge in [-0.25, -0.2) is 19.2 Å². The maximum absolute atomic E-state index is 11.6. The van der Waals surface area contributed by atoms with Gasteiger partial charge >= 0.3 is 35.5 Å². The molecule has 0 unspecified atom stereocenters. The van der Waals surface area contributed by atoms with Crippen molar-refractivity contribution in [1.29, 1.82) is 0 Å². The molecule has 0 fully saturated rings. The molecular formula is C16H18O8. The highest BCUT2D eigenvalue weighted by Crippen LogP contribution is 2.34. The Labute approximate surface area is 139 Å². The Morgan fingerprint density at radius 2 is 0.750 bits per heavy atom. The Balaban J connectivity index is 6.08. The lowest BCUT2D eigenvalue weighted by Gasteiger charge is -2.41. The highest BCUT2D eigenvalue weighted by Gasteiger charge is 2.58. The van der Waals surface area contributed by atoms with E-state index in [1.165, 1.54) is 0 Å². The lowest BCUT2D eigenvalue weighted by atomic mass is 10.1. The van der Waals surface area contributed by atoms with Crippen molar-refractivity contribution in [3.05, 3.63) is 50.6 Å². The van der Waals surface area contributed by atoms with Crippen molar-refractivity contribution in [3.8, 4) is 0 Å². The van der Waals surface area contributed by atoms with E-state index >= 15 is 0 Å². The summed E-state index contributed by atoms with van der Waals surface area (Å²) in [6.45, 7) is 14.9. The molecule has 0 N–H and O–H groups in total. The van der Waals surface area contributed by atoms with Crippen LogP contribution in [0.5, 0.6) is 0 Å². The number of rotatable bonds is 9. The standard InChI is InChI=1S/C16H18O8/c1-7-11(17)21-15(5,22-12(18)8-2)16(6,23-13(19)9-3)24-14(20)10-4/h7-10H,1-4H2,5-6H3. The molecule has 0 bridgehead atoms. The maximum Gasteiger partial charge on any atom is 0.333 e. The molecular weight excluding hydrogens is 320 g/mol. The first-order valence-electron chi connectivity index (χ1n) is 6.49. The van der Waals surface area contributed by atoms with E-state index in [0.29, 0.717) is 0 Å². The minimum atomic E-state index is -2.36. The van der Waals surface area contributed by atoms with Gasteiger partial charge in [0.15, 0.2) is 0 Å². The van der Waals surface area contributed by atoms with E-state index in [4.69, 9.17) is 18.9 Å². The van der Waals surface area contributed by atoms with Gasteiger partial charge in [-0.1, -0.05) is 26.3 Å². The van der Waals surface area contributed by atoms with Crippen LogP contribution in [0.15, 0.2) is 50.6 Å². The number of hydrogen-bond acceptors (Lipinski definition) is 8. The molecule has 0 aliphatic rings. The molecule has 0 spiro atoms. The Kier molecular flexibility index (Phi) is 7.35. The molecule has 0 atom stereocenters. The van der Waals surface area contributed by atoms with Crippen LogP contribution in [0.2, 0.25) is 0 Å². The van der Waals surface area contributed by atoms with Crippen molar-refractivity contribution in [2.24, 2.45) is 0 Å². The normalized spacial score (nSPS) is 10.6. The minimum absolute atomic E-state index is 0.769. The first kappa shape index (κ1) is 20.8. The summed E-state index contributed by atoms with van der Waals surface area (Å²) in [4.78, 5) is 46.3. The lowest BCUT2D eigenvalue weighted by Crippen LogP contribution is -2.60. The first-order valence-corrected chi connectivity index (χ1v) is 6.49. The molecule has 0 radical (unpaired) electrons. The van der Waals surface area contributed by atoms with Gasteiger partial charge in [-0.05, 0) is 0 Å². The molecule has 0 saturated heterocycles. The molecule has 0 aromatic carbocycles. The van der Waals surface area contributed by atoms with E-state index in [1.54, 1.807) is 0 Å². The van der Waals surface area contributed by atoms with Crippen molar-refractivity contribution in [1.82, 2.24) is 0 Å². The zero-order valence-electron chi connectivity index (χ0n) is 13.4. The summed E-state index contributed by atoms with van der Waals surface area (Å²) in [5, 5.41) is 0. The molecule has 0 aliphatic heterocycles. The highest BCUT2D eigenvalue weighted by molar-refractivity contribution is 5.85. The van der Waals surface area contributed by atoms with Gasteiger partial charge in [0.25, 0.3) is 0 Å². The monoisotopic (exact) mass is 338 g/mol. The molecule has 8 heteroatoms. The molecule has 0 rings (SSSR count). The molecule has 130 valence electrons. The largest absolute Gasteiger partial charge is 0.411 e. The van der Waals surface area contributed by atoms with Gasteiger partial charge in [0.1, 0.15) is 0 Å². The van der Waals surface area contributed by atoms with E-state index in [2.05, 4.69) is 26.3 Å². The van der Waals surface area contributed by atoms with E-state index in [-0.39, 0.29) is 0 Å². The molecule has 24 heavy (non-hydrogen) atoms. The Bertz CT molecular complexity index is 491. The average Bonchev–Trinajstić information content (AvgIpc) is 2.53. The van der Waals surface area contributed by atoms with Gasteiger partial charge in [0.2, 0.25) is 0 Å². The van der Waals surface area contributed by atoms with Crippen molar-refractivity contribution in [2.45, 2.75) is 25.4 Å². The van der Waals surface area contributed by atoms with Gasteiger partial charge in [0, 0.05) is 38.2 Å². The third kappa shape index (κ3) is 5.24. The third-order valence-corrected chi connectivity index (χ3v) is 2.67. The van der Waals surface area contributed by atoms with Crippen molar-refractivity contribution in [3.63, 3.8) is 0 Å². The van der Waals surface area contributed by atoms with Crippen LogP contribution in [0.3, 0.4) is 0 Å². The molecule has 0 aliphatic carbocycles. The van der Waals surface area contributed by atoms with Crippen LogP contribution in [0.1, 0.15) is 13.8 Å². The minimum Gasteiger partial charge on any atom is -0.411 e. The lowest BCUT2D eigenvalue weighted by molar-refractivity contribution is -0.346. The fourth-order valence-corrected chi connectivity index (χ4v) is 1.35. The quantitative estimate of drug-likeness (QED) is 0.352. The maximum atomic E-state index is 11.6. The van der Waals surface area contributed by atoms with Gasteiger partial charge in [0.05, 0.1) is 0 Å². The fourth-order valence-electron chi connectivity index (χ4n) is 1.35. The molecule has 0 heterocycles. The van der Waals surface area contributed by atoms with Crippen LogP contribution in [0.4, 0.5) is 0 Å². The van der Waals surface area contributed by atoms with Crippen LogP contribution < -0.4 is 0 Å². The predicted molar refractivity (Wildman–Crippen MR) is 82.0 cm³/mol. The third-order valence-electron chi connectivity index (χ3n) is 2.67. The predicted octanol–water partition coefficient (Wildman–Crippen LogP) is 1.34. The average molecular weight is 338 g/mol. The summed E-state index contributed by atoms with van der Waals surface area (Å²) in [5.74, 6) is -8.87. The number of carbonyl (C=O) groups excluding carboxylic acids is 4. The molecule has 0 aromatic heterocycles. The van der Waals surface area contributed by atoms with E-state index in [0.717, 1.165) is 38.2 Å². The zero-order chi connectivity index (χ0) is 19.0. The van der Waals surface area contributed by atoms with Crippen LogP contribution in [0.25, 0.3) is 0 Å². The summed E-state index contributed by atoms with van der Waals surface area (Å²) in [6.07, 6.45) is 3.08. The number of esters is 4. The van der Waals surface area contributed by atoms with Gasteiger partial charge in [-0.15, -0.1) is 0 Å². The van der Waals surface area contributed by atoms with E-state index < -0.39 is 35.5 Å². The Morgan fingerprint density at radius 1 is 0.583 bits per heavy atom. The van der Waals surface area contributed by atoms with Crippen LogP contribution in [-0.2, 0) is 38.1 Å². The van der Waals surface area contributed by atoms with Gasteiger partial charge < -0.3 is 18.9 Å². The number of ether oxygens (including phenoxy) is 4. The first-order chi connectivity index (χ1) is 11.1. The van der Waals surface area contributed by atoms with Gasteiger partial charge in [-0.3, -0.25) is 0 Å². The summed E-state index contributed by atoms with van der Waals surface area (Å²) in [5.41, 5.74) is 0. The smallest absolute Gasteiger partial charge is 0.333 e. The van der Waals surface area contributed by atoms with E-state index in [9.17, 15) is 19.2 Å². The SMILES string of the molecule is C=CC(=O)OC(C)(OC(=O)C=C)C(C)(OC(=O)C=C)OC(=O)C=C. The molecule has 0 aromatic rings. The van der Waals surface area contributed by atoms with Crippen molar-refractivity contribution < 1.29 is 38.1 Å². The fraction of sp³-hybridized carbons (Fsp3) is 0.250. The molecule has 0 amide bonds. The van der Waals surface area contributed by atoms with Crippen LogP contribution >= 0.6 is 0 Å².